The number of nitrogens with zero attached hydrogens (tertiary/aromatic N) is 2. The molecule has 3 aliphatic heterocycles. The lowest BCUT2D eigenvalue weighted by Gasteiger charge is -2.55. The monoisotopic (exact) mass is 383 g/mol. The number of carbonyl (C=O) groups excluding carboxylic acids is 2. The first-order valence-corrected chi connectivity index (χ1v) is 10.8. The maximum atomic E-state index is 12.6. The Kier molecular flexibility index (Phi) is 4.20. The van der Waals surface area contributed by atoms with E-state index in [2.05, 4.69) is 34.5 Å². The molecule has 1 aromatic heterocycles. The van der Waals surface area contributed by atoms with Crippen molar-refractivity contribution in [3.63, 3.8) is 0 Å². The Morgan fingerprint density at radius 3 is 2.89 bits per heavy atom. The third kappa shape index (κ3) is 2.86. The normalized spacial score (nSPS) is 31.1. The van der Waals surface area contributed by atoms with Gasteiger partial charge in [0.05, 0.1) is 0 Å². The van der Waals surface area contributed by atoms with Crippen LogP contribution in [0.1, 0.15) is 31.2 Å². The highest BCUT2D eigenvalue weighted by molar-refractivity contribution is 7.17. The first-order chi connectivity index (χ1) is 13.1. The smallest absolute Gasteiger partial charge is 0.240 e. The van der Waals surface area contributed by atoms with Crippen LogP contribution >= 0.6 is 11.3 Å². The number of piperidine rings is 3. The van der Waals surface area contributed by atoms with Crippen LogP contribution in [0.25, 0.3) is 10.1 Å². The fraction of sp³-hybridized carbons (Fsp3) is 0.524. The minimum Gasteiger partial charge on any atom is -0.368 e. The van der Waals surface area contributed by atoms with Crippen LogP contribution in [0.5, 0.6) is 0 Å². The van der Waals surface area contributed by atoms with Crippen LogP contribution in [0.4, 0.5) is 0 Å². The van der Waals surface area contributed by atoms with E-state index in [0.29, 0.717) is 12.3 Å². The van der Waals surface area contributed by atoms with E-state index in [9.17, 15) is 9.59 Å². The van der Waals surface area contributed by atoms with Gasteiger partial charge in [-0.2, -0.15) is 0 Å². The zero-order chi connectivity index (χ0) is 18.5. The van der Waals surface area contributed by atoms with E-state index in [1.807, 2.05) is 4.90 Å². The number of rotatable bonds is 3. The number of amides is 2. The van der Waals surface area contributed by atoms with Gasteiger partial charge in [0.1, 0.15) is 6.04 Å². The molecule has 0 radical (unpaired) electrons. The predicted molar refractivity (Wildman–Crippen MR) is 106 cm³/mol. The molecule has 4 heterocycles. The van der Waals surface area contributed by atoms with E-state index in [0.717, 1.165) is 38.9 Å². The summed E-state index contributed by atoms with van der Waals surface area (Å²) in [7, 11) is 0. The van der Waals surface area contributed by atoms with Crippen molar-refractivity contribution in [1.29, 1.82) is 0 Å². The van der Waals surface area contributed by atoms with Gasteiger partial charge in [0.25, 0.3) is 0 Å². The largest absolute Gasteiger partial charge is 0.368 e. The van der Waals surface area contributed by atoms with Crippen molar-refractivity contribution in [3.05, 3.63) is 35.2 Å². The third-order valence-corrected chi connectivity index (χ3v) is 7.68. The maximum Gasteiger partial charge on any atom is 0.240 e. The fourth-order valence-corrected chi connectivity index (χ4v) is 6.60. The number of primary amides is 1. The van der Waals surface area contributed by atoms with Crippen LogP contribution in [0.15, 0.2) is 29.6 Å². The molecule has 27 heavy (non-hydrogen) atoms. The van der Waals surface area contributed by atoms with Gasteiger partial charge < -0.3 is 10.6 Å². The zero-order valence-corrected chi connectivity index (χ0v) is 16.2. The summed E-state index contributed by atoms with van der Waals surface area (Å²) in [4.78, 5) is 29.2. The van der Waals surface area contributed by atoms with Gasteiger partial charge in [0.2, 0.25) is 11.8 Å². The van der Waals surface area contributed by atoms with Crippen molar-refractivity contribution in [2.45, 2.75) is 44.3 Å². The maximum absolute atomic E-state index is 12.6. The number of hydrogen-bond donors (Lipinski definition) is 1. The highest BCUT2D eigenvalue weighted by Crippen LogP contribution is 2.42. The lowest BCUT2D eigenvalue weighted by Crippen LogP contribution is -2.67. The summed E-state index contributed by atoms with van der Waals surface area (Å²) >= 11 is 1.79. The zero-order valence-electron chi connectivity index (χ0n) is 15.3. The highest BCUT2D eigenvalue weighted by Gasteiger charge is 2.51. The van der Waals surface area contributed by atoms with E-state index in [4.69, 9.17) is 5.73 Å². The van der Waals surface area contributed by atoms with Crippen molar-refractivity contribution < 1.29 is 9.59 Å². The molecule has 0 aliphatic carbocycles. The van der Waals surface area contributed by atoms with E-state index in [1.165, 1.54) is 15.6 Å². The second-order valence-corrected chi connectivity index (χ2v) is 9.23. The molecule has 2 N–H and O–H groups in total. The Labute approximate surface area is 163 Å². The minimum atomic E-state index is -0.430. The van der Waals surface area contributed by atoms with Crippen molar-refractivity contribution in [3.8, 4) is 0 Å². The van der Waals surface area contributed by atoms with Crippen molar-refractivity contribution >= 4 is 33.2 Å². The van der Waals surface area contributed by atoms with Crippen LogP contribution in [0.3, 0.4) is 0 Å². The summed E-state index contributed by atoms with van der Waals surface area (Å²) in [6.45, 7) is 2.74. The van der Waals surface area contributed by atoms with Gasteiger partial charge in [0.15, 0.2) is 0 Å². The second-order valence-electron chi connectivity index (χ2n) is 8.31. The molecule has 0 saturated carbocycles. The first-order valence-electron chi connectivity index (χ1n) is 9.90. The average molecular weight is 384 g/mol. The SMILES string of the molecule is NC(=O)[C@H]1[C@@H]2C[C@@H](CN(Cc3csc4ccccc34)C2)[C@@H]2CCCC(=O)N21. The molecule has 4 atom stereocenters. The molecule has 5 nitrogen and oxygen atoms in total. The minimum absolute atomic E-state index is 0.127. The second kappa shape index (κ2) is 6.60. The number of likely N-dealkylation sites (tertiary alicyclic amines) is 1. The molecule has 3 saturated heterocycles. The van der Waals surface area contributed by atoms with E-state index < -0.39 is 6.04 Å². The molecule has 1 aromatic carbocycles. The number of fused-ring (bicyclic) bond motifs is 5. The Morgan fingerprint density at radius 2 is 2.04 bits per heavy atom. The molecule has 3 fully saturated rings. The van der Waals surface area contributed by atoms with Crippen molar-refractivity contribution in [2.24, 2.45) is 17.6 Å². The van der Waals surface area contributed by atoms with Crippen LogP contribution in [0.2, 0.25) is 0 Å². The molecule has 2 bridgehead atoms. The topological polar surface area (TPSA) is 66.6 Å². The summed E-state index contributed by atoms with van der Waals surface area (Å²) < 4.78 is 1.32. The Morgan fingerprint density at radius 1 is 1.22 bits per heavy atom. The Balaban J connectivity index is 1.42. The molecule has 6 heteroatoms. The number of hydrogen-bond acceptors (Lipinski definition) is 4. The van der Waals surface area contributed by atoms with Crippen molar-refractivity contribution in [1.82, 2.24) is 9.80 Å². The van der Waals surface area contributed by atoms with Crippen LogP contribution in [-0.4, -0.2) is 46.8 Å². The molecular weight excluding hydrogens is 358 g/mol. The Bertz CT molecular complexity index is 894. The van der Waals surface area contributed by atoms with Crippen LogP contribution < -0.4 is 5.73 Å². The highest BCUT2D eigenvalue weighted by atomic mass is 32.1. The lowest BCUT2D eigenvalue weighted by molar-refractivity contribution is -0.159. The van der Waals surface area contributed by atoms with E-state index in [1.54, 1.807) is 11.3 Å². The van der Waals surface area contributed by atoms with E-state index in [-0.39, 0.29) is 23.8 Å². The van der Waals surface area contributed by atoms with Gasteiger partial charge >= 0.3 is 0 Å². The van der Waals surface area contributed by atoms with Gasteiger partial charge in [-0.25, -0.2) is 0 Å². The summed E-state index contributed by atoms with van der Waals surface area (Å²) in [5.41, 5.74) is 7.14. The van der Waals surface area contributed by atoms with Crippen LogP contribution in [-0.2, 0) is 16.1 Å². The quantitative estimate of drug-likeness (QED) is 0.886. The number of benzene rings is 1. The summed E-state index contributed by atoms with van der Waals surface area (Å²) in [6, 6.07) is 8.30. The predicted octanol–water partition coefficient (Wildman–Crippen LogP) is 2.59. The van der Waals surface area contributed by atoms with Gasteiger partial charge in [0, 0.05) is 42.7 Å². The van der Waals surface area contributed by atoms with Crippen LogP contribution in [0, 0.1) is 11.8 Å². The van der Waals surface area contributed by atoms with Gasteiger partial charge in [-0.1, -0.05) is 18.2 Å². The lowest BCUT2D eigenvalue weighted by atomic mass is 9.72. The first kappa shape index (κ1) is 17.2. The number of thiophene rings is 1. The molecule has 2 amide bonds. The summed E-state index contributed by atoms with van der Waals surface area (Å²) in [5.74, 6) is 0.404. The van der Waals surface area contributed by atoms with Gasteiger partial charge in [-0.3, -0.25) is 14.5 Å². The summed E-state index contributed by atoms with van der Waals surface area (Å²) in [6.07, 6.45) is 3.51. The number of nitrogens with two attached hydrogens (primary N) is 1. The molecule has 142 valence electrons. The number of carbonyl (C=O) groups is 2. The summed E-state index contributed by atoms with van der Waals surface area (Å²) in [5, 5.41) is 3.59. The molecule has 5 rings (SSSR count). The van der Waals surface area contributed by atoms with E-state index >= 15 is 0 Å². The molecular formula is C21H25N3O2S. The third-order valence-electron chi connectivity index (χ3n) is 6.66. The molecule has 2 aromatic rings. The molecule has 0 spiro atoms. The molecule has 0 unspecified atom stereocenters. The standard InChI is InChI=1S/C21H25N3O2S/c22-21(26)20-14-8-13(17-5-3-7-19(25)24(17)20)9-23(10-14)11-15-12-27-18-6-2-1-4-16(15)18/h1-2,4,6,12-14,17,20H,3,5,7-11H2,(H2,22,26)/t13-,14+,17-,20+/m0/s1. The van der Waals surface area contributed by atoms with Gasteiger partial charge in [-0.05, 0) is 47.6 Å². The molecule has 3 aliphatic rings. The average Bonchev–Trinajstić information content (AvgIpc) is 3.05. The fourth-order valence-electron chi connectivity index (χ4n) is 5.64. The Hall–Kier alpha value is -1.92. The van der Waals surface area contributed by atoms with Gasteiger partial charge in [-0.15, -0.1) is 11.3 Å². The van der Waals surface area contributed by atoms with Crippen molar-refractivity contribution in [2.75, 3.05) is 13.1 Å².